The minimum absolute atomic E-state index is 0.0343. The van der Waals surface area contributed by atoms with Crippen molar-refractivity contribution in [2.75, 3.05) is 6.61 Å². The number of ether oxygens (including phenoxy) is 1. The number of hydrogen-bond acceptors (Lipinski definition) is 1. The second kappa shape index (κ2) is 6.10. The van der Waals surface area contributed by atoms with Crippen LogP contribution in [0.25, 0.3) is 0 Å². The molecule has 2 aromatic carbocycles. The molecule has 0 N–H and O–H groups in total. The summed E-state index contributed by atoms with van der Waals surface area (Å²) in [4.78, 5) is 0. The highest BCUT2D eigenvalue weighted by atomic mass is 79.9. The van der Waals surface area contributed by atoms with Crippen molar-refractivity contribution in [1.29, 1.82) is 0 Å². The van der Waals surface area contributed by atoms with Gasteiger partial charge in [-0.05, 0) is 49.4 Å². The van der Waals surface area contributed by atoms with Crippen LogP contribution in [-0.2, 0) is 5.92 Å². The van der Waals surface area contributed by atoms with Gasteiger partial charge in [-0.3, -0.25) is 0 Å². The molecule has 0 aliphatic heterocycles. The first-order valence-electron chi connectivity index (χ1n) is 6.02. The van der Waals surface area contributed by atoms with Crippen molar-refractivity contribution in [3.05, 3.63) is 63.1 Å². The van der Waals surface area contributed by atoms with Gasteiger partial charge in [0.25, 0.3) is 5.92 Å². The molecule has 0 aliphatic rings. The van der Waals surface area contributed by atoms with Crippen molar-refractivity contribution < 1.29 is 13.5 Å². The van der Waals surface area contributed by atoms with E-state index < -0.39 is 5.92 Å². The summed E-state index contributed by atoms with van der Waals surface area (Å²) >= 11 is 9.07. The minimum Gasteiger partial charge on any atom is -0.494 e. The van der Waals surface area contributed by atoms with Gasteiger partial charge < -0.3 is 4.74 Å². The van der Waals surface area contributed by atoms with Crippen LogP contribution < -0.4 is 4.74 Å². The Kier molecular flexibility index (Phi) is 4.66. The predicted molar refractivity (Wildman–Crippen MR) is 79.8 cm³/mol. The van der Waals surface area contributed by atoms with Crippen LogP contribution in [0.15, 0.2) is 46.9 Å². The molecular weight excluding hydrogens is 350 g/mol. The van der Waals surface area contributed by atoms with E-state index in [0.29, 0.717) is 16.8 Å². The second-order valence-corrected chi connectivity index (χ2v) is 5.48. The van der Waals surface area contributed by atoms with Gasteiger partial charge in [0, 0.05) is 15.6 Å². The molecule has 0 unspecified atom stereocenters. The predicted octanol–water partition coefficient (Wildman–Crippen LogP) is 5.64. The quantitative estimate of drug-likeness (QED) is 0.684. The zero-order valence-electron chi connectivity index (χ0n) is 10.7. The smallest absolute Gasteiger partial charge is 0.299 e. The van der Waals surface area contributed by atoms with Crippen LogP contribution in [0.1, 0.15) is 18.1 Å². The molecule has 20 heavy (non-hydrogen) atoms. The van der Waals surface area contributed by atoms with Crippen LogP contribution in [0.5, 0.6) is 5.75 Å². The first-order chi connectivity index (χ1) is 9.45. The van der Waals surface area contributed by atoms with E-state index in [1.54, 1.807) is 6.07 Å². The van der Waals surface area contributed by atoms with Crippen molar-refractivity contribution in [2.45, 2.75) is 12.8 Å². The zero-order valence-corrected chi connectivity index (χ0v) is 13.0. The third-order valence-corrected chi connectivity index (χ3v) is 3.62. The van der Waals surface area contributed by atoms with E-state index in [9.17, 15) is 8.78 Å². The lowest BCUT2D eigenvalue weighted by atomic mass is 10.0. The highest BCUT2D eigenvalue weighted by molar-refractivity contribution is 9.10. The van der Waals surface area contributed by atoms with Gasteiger partial charge in [-0.1, -0.05) is 27.5 Å². The zero-order chi connectivity index (χ0) is 14.8. The molecular formula is C15H12BrClF2O. The molecule has 0 bridgehead atoms. The summed E-state index contributed by atoms with van der Waals surface area (Å²) in [6.07, 6.45) is 0. The topological polar surface area (TPSA) is 9.23 Å². The number of benzene rings is 2. The van der Waals surface area contributed by atoms with Crippen LogP contribution in [0, 0.1) is 0 Å². The molecule has 0 aliphatic carbocycles. The molecule has 0 saturated heterocycles. The van der Waals surface area contributed by atoms with Gasteiger partial charge in [0.15, 0.2) is 0 Å². The Morgan fingerprint density at radius 2 is 1.80 bits per heavy atom. The Hall–Kier alpha value is -1.13. The van der Waals surface area contributed by atoms with Crippen LogP contribution in [-0.4, -0.2) is 6.61 Å². The number of halogens is 4. The Morgan fingerprint density at radius 1 is 1.15 bits per heavy atom. The molecule has 0 aromatic heterocycles. The number of alkyl halides is 2. The molecule has 5 heteroatoms. The van der Waals surface area contributed by atoms with Gasteiger partial charge in [0.2, 0.25) is 0 Å². The first kappa shape index (κ1) is 15.3. The third-order valence-electron chi connectivity index (χ3n) is 2.79. The SMILES string of the molecule is CCOc1ccc(C(F)(F)c2cc(Br)ccc2Cl)cc1. The molecule has 0 radical (unpaired) electrons. The minimum atomic E-state index is -3.16. The van der Waals surface area contributed by atoms with E-state index in [2.05, 4.69) is 15.9 Å². The maximum Gasteiger partial charge on any atom is 0.299 e. The van der Waals surface area contributed by atoms with Crippen LogP contribution in [0.2, 0.25) is 5.02 Å². The summed E-state index contributed by atoms with van der Waals surface area (Å²) in [6, 6.07) is 10.2. The van der Waals surface area contributed by atoms with Crippen molar-refractivity contribution in [3.63, 3.8) is 0 Å². The van der Waals surface area contributed by atoms with Crippen molar-refractivity contribution in [3.8, 4) is 5.75 Å². The average Bonchev–Trinajstić information content (AvgIpc) is 2.42. The first-order valence-corrected chi connectivity index (χ1v) is 7.19. The largest absolute Gasteiger partial charge is 0.494 e. The molecule has 0 fully saturated rings. The molecule has 0 heterocycles. The lowest BCUT2D eigenvalue weighted by Crippen LogP contribution is -2.15. The standard InChI is InChI=1S/C15H12BrClF2O/c1-2-20-12-6-3-10(4-7-12)15(18,19)13-9-11(16)5-8-14(13)17/h3-9H,2H2,1H3. The van der Waals surface area contributed by atoms with Crippen molar-refractivity contribution in [2.24, 2.45) is 0 Å². The summed E-state index contributed by atoms with van der Waals surface area (Å²) in [5.41, 5.74) is -0.348. The molecule has 0 spiro atoms. The summed E-state index contributed by atoms with van der Waals surface area (Å²) in [5, 5.41) is 0.0343. The Labute approximate surface area is 129 Å². The molecule has 0 atom stereocenters. The van der Waals surface area contributed by atoms with E-state index in [1.807, 2.05) is 6.92 Å². The second-order valence-electron chi connectivity index (χ2n) is 4.16. The Morgan fingerprint density at radius 3 is 2.40 bits per heavy atom. The van der Waals surface area contributed by atoms with Gasteiger partial charge in [-0.15, -0.1) is 0 Å². The number of rotatable bonds is 4. The molecule has 106 valence electrons. The molecule has 1 nitrogen and oxygen atoms in total. The van der Waals surface area contributed by atoms with Crippen LogP contribution >= 0.6 is 27.5 Å². The van der Waals surface area contributed by atoms with E-state index >= 15 is 0 Å². The van der Waals surface area contributed by atoms with E-state index in [0.717, 1.165) is 0 Å². The summed E-state index contributed by atoms with van der Waals surface area (Å²) < 4.78 is 34.8. The van der Waals surface area contributed by atoms with Gasteiger partial charge in [0.05, 0.1) is 11.6 Å². The van der Waals surface area contributed by atoms with E-state index in [-0.39, 0.29) is 16.1 Å². The molecule has 0 amide bonds. The normalized spacial score (nSPS) is 11.4. The fourth-order valence-corrected chi connectivity index (χ4v) is 2.42. The van der Waals surface area contributed by atoms with Crippen molar-refractivity contribution >= 4 is 27.5 Å². The summed E-state index contributed by atoms with van der Waals surface area (Å²) in [7, 11) is 0. The van der Waals surface area contributed by atoms with Gasteiger partial charge in [-0.25, -0.2) is 0 Å². The monoisotopic (exact) mass is 360 g/mol. The number of hydrogen-bond donors (Lipinski definition) is 0. The fourth-order valence-electron chi connectivity index (χ4n) is 1.82. The van der Waals surface area contributed by atoms with E-state index in [4.69, 9.17) is 16.3 Å². The third kappa shape index (κ3) is 3.13. The molecule has 0 saturated carbocycles. The molecule has 2 rings (SSSR count). The highest BCUT2D eigenvalue weighted by Crippen LogP contribution is 2.40. The maximum atomic E-state index is 14.5. The van der Waals surface area contributed by atoms with Crippen molar-refractivity contribution in [1.82, 2.24) is 0 Å². The summed E-state index contributed by atoms with van der Waals surface area (Å²) in [5.74, 6) is -2.60. The average molecular weight is 362 g/mol. The van der Waals surface area contributed by atoms with Gasteiger partial charge in [-0.2, -0.15) is 8.78 Å². The maximum absolute atomic E-state index is 14.5. The van der Waals surface area contributed by atoms with Gasteiger partial charge in [0.1, 0.15) is 5.75 Å². The summed E-state index contributed by atoms with van der Waals surface area (Å²) in [6.45, 7) is 2.33. The fraction of sp³-hybridized carbons (Fsp3) is 0.200. The lowest BCUT2D eigenvalue weighted by molar-refractivity contribution is 0.0428. The highest BCUT2D eigenvalue weighted by Gasteiger charge is 2.36. The van der Waals surface area contributed by atoms with E-state index in [1.165, 1.54) is 36.4 Å². The molecule has 2 aromatic rings. The van der Waals surface area contributed by atoms with Crippen LogP contribution in [0.4, 0.5) is 8.78 Å². The lowest BCUT2D eigenvalue weighted by Gasteiger charge is -2.19. The Balaban J connectivity index is 2.40. The Bertz CT molecular complexity index is 599. The van der Waals surface area contributed by atoms with Crippen LogP contribution in [0.3, 0.4) is 0 Å². The van der Waals surface area contributed by atoms with Gasteiger partial charge >= 0.3 is 0 Å².